The predicted molar refractivity (Wildman–Crippen MR) is 59.7 cm³/mol. The lowest BCUT2D eigenvalue weighted by molar-refractivity contribution is -0.154. The summed E-state index contributed by atoms with van der Waals surface area (Å²) >= 11 is 0. The first kappa shape index (κ1) is 12.5. The molecule has 0 bridgehead atoms. The molecule has 88 valence electrons. The van der Waals surface area contributed by atoms with Gasteiger partial charge in [-0.2, -0.15) is 0 Å². The second-order valence-electron chi connectivity index (χ2n) is 4.83. The molecule has 4 nitrogen and oxygen atoms in total. The summed E-state index contributed by atoms with van der Waals surface area (Å²) in [7, 11) is 1.58. The van der Waals surface area contributed by atoms with Crippen molar-refractivity contribution < 1.29 is 9.53 Å². The molecule has 15 heavy (non-hydrogen) atoms. The molecule has 1 aliphatic rings. The summed E-state index contributed by atoms with van der Waals surface area (Å²) in [6.07, 6.45) is 0. The Balaban J connectivity index is 2.73. The van der Waals surface area contributed by atoms with E-state index in [1.165, 1.54) is 0 Å². The van der Waals surface area contributed by atoms with Crippen LogP contribution in [-0.2, 0) is 9.53 Å². The van der Waals surface area contributed by atoms with E-state index < -0.39 is 5.60 Å². The Labute approximate surface area is 92.0 Å². The molecule has 1 heterocycles. The van der Waals surface area contributed by atoms with E-state index in [9.17, 15) is 4.79 Å². The van der Waals surface area contributed by atoms with Gasteiger partial charge in [0, 0.05) is 32.3 Å². The molecule has 1 rings (SSSR count). The first-order valence-corrected chi connectivity index (χ1v) is 5.48. The minimum absolute atomic E-state index is 0.0749. The summed E-state index contributed by atoms with van der Waals surface area (Å²) in [5.41, 5.74) is -0.717. The summed E-state index contributed by atoms with van der Waals surface area (Å²) in [6, 6.07) is 0.598. The van der Waals surface area contributed by atoms with E-state index in [1.54, 1.807) is 7.11 Å². The van der Waals surface area contributed by atoms with Gasteiger partial charge < -0.3 is 15.0 Å². The molecular formula is C11H22N2O2. The van der Waals surface area contributed by atoms with Crippen molar-refractivity contribution in [1.82, 2.24) is 10.2 Å². The largest absolute Gasteiger partial charge is 0.369 e. The smallest absolute Gasteiger partial charge is 0.254 e. The molecule has 1 N–H and O–H groups in total. The van der Waals surface area contributed by atoms with Crippen molar-refractivity contribution in [1.29, 1.82) is 0 Å². The third kappa shape index (κ3) is 2.69. The summed E-state index contributed by atoms with van der Waals surface area (Å²) in [6.45, 7) is 9.39. The van der Waals surface area contributed by atoms with E-state index in [-0.39, 0.29) is 11.9 Å². The normalized spacial score (nSPS) is 27.9. The number of hydrogen-bond donors (Lipinski definition) is 1. The number of nitrogens with zero attached hydrogens (tertiary/aromatic N) is 1. The zero-order chi connectivity index (χ0) is 11.6. The van der Waals surface area contributed by atoms with Crippen LogP contribution in [0.25, 0.3) is 0 Å². The number of rotatable bonds is 2. The molecule has 0 radical (unpaired) electrons. The monoisotopic (exact) mass is 214 g/mol. The molecule has 0 spiro atoms. The average molecular weight is 214 g/mol. The van der Waals surface area contributed by atoms with Crippen LogP contribution in [0.3, 0.4) is 0 Å². The maximum Gasteiger partial charge on any atom is 0.254 e. The van der Waals surface area contributed by atoms with Crippen LogP contribution in [0.15, 0.2) is 0 Å². The minimum Gasteiger partial charge on any atom is -0.369 e. The number of hydrogen-bond acceptors (Lipinski definition) is 3. The molecule has 1 aliphatic heterocycles. The van der Waals surface area contributed by atoms with Gasteiger partial charge in [-0.05, 0) is 27.7 Å². The third-order valence-corrected chi connectivity index (χ3v) is 3.05. The van der Waals surface area contributed by atoms with Crippen LogP contribution in [-0.4, -0.2) is 48.7 Å². The van der Waals surface area contributed by atoms with Crippen LogP contribution >= 0.6 is 0 Å². The molecular weight excluding hydrogens is 192 g/mol. The maximum absolute atomic E-state index is 12.2. The van der Waals surface area contributed by atoms with Gasteiger partial charge in [0.15, 0.2) is 0 Å². The lowest BCUT2D eigenvalue weighted by Gasteiger charge is -2.41. The quantitative estimate of drug-likeness (QED) is 0.732. The van der Waals surface area contributed by atoms with Gasteiger partial charge in [-0.25, -0.2) is 0 Å². The number of methoxy groups -OCH3 is 1. The van der Waals surface area contributed by atoms with Gasteiger partial charge >= 0.3 is 0 Å². The molecule has 0 aliphatic carbocycles. The van der Waals surface area contributed by atoms with Gasteiger partial charge in [0.05, 0.1) is 0 Å². The zero-order valence-corrected chi connectivity index (χ0v) is 10.3. The van der Waals surface area contributed by atoms with Gasteiger partial charge in [-0.1, -0.05) is 0 Å². The van der Waals surface area contributed by atoms with Gasteiger partial charge in [-0.15, -0.1) is 0 Å². The van der Waals surface area contributed by atoms with Crippen LogP contribution in [0.4, 0.5) is 0 Å². The Morgan fingerprint density at radius 3 is 2.60 bits per heavy atom. The highest BCUT2D eigenvalue weighted by molar-refractivity contribution is 5.84. The van der Waals surface area contributed by atoms with E-state index in [0.29, 0.717) is 6.04 Å². The molecule has 1 saturated heterocycles. The summed E-state index contributed by atoms with van der Waals surface area (Å²) in [5.74, 6) is 0.0749. The highest BCUT2D eigenvalue weighted by Crippen LogP contribution is 2.16. The Bertz CT molecular complexity index is 241. The van der Waals surface area contributed by atoms with Crippen molar-refractivity contribution in [3.63, 3.8) is 0 Å². The summed E-state index contributed by atoms with van der Waals surface area (Å²) in [5, 5.41) is 3.35. The molecule has 0 aromatic heterocycles. The highest BCUT2D eigenvalue weighted by Gasteiger charge is 2.36. The van der Waals surface area contributed by atoms with Crippen LogP contribution in [0, 0.1) is 0 Å². The van der Waals surface area contributed by atoms with Crippen LogP contribution < -0.4 is 5.32 Å². The zero-order valence-electron chi connectivity index (χ0n) is 10.3. The van der Waals surface area contributed by atoms with Crippen molar-refractivity contribution >= 4 is 5.91 Å². The number of carbonyl (C=O) groups is 1. The predicted octanol–water partition coefficient (Wildman–Crippen LogP) is 0.620. The van der Waals surface area contributed by atoms with Crippen LogP contribution in [0.1, 0.15) is 27.7 Å². The van der Waals surface area contributed by atoms with Crippen LogP contribution in [0.5, 0.6) is 0 Å². The Hall–Kier alpha value is -0.610. The van der Waals surface area contributed by atoms with Gasteiger partial charge in [0.25, 0.3) is 5.91 Å². The lowest BCUT2D eigenvalue weighted by atomic mass is 10.0. The molecule has 2 unspecified atom stereocenters. The van der Waals surface area contributed by atoms with Crippen LogP contribution in [0.2, 0.25) is 0 Å². The molecule has 0 saturated carbocycles. The van der Waals surface area contributed by atoms with Crippen molar-refractivity contribution in [2.75, 3.05) is 20.2 Å². The second-order valence-corrected chi connectivity index (χ2v) is 4.83. The number of amides is 1. The van der Waals surface area contributed by atoms with Gasteiger partial charge in [0.1, 0.15) is 5.60 Å². The molecule has 1 fully saturated rings. The standard InChI is InChI=1S/C11H22N2O2/c1-8-7-13(9(2)6-12-8)10(14)11(3,4)15-5/h8-9,12H,6-7H2,1-5H3. The molecule has 0 aromatic rings. The van der Waals surface area contributed by atoms with E-state index in [2.05, 4.69) is 19.2 Å². The number of ether oxygens (including phenoxy) is 1. The molecule has 1 amide bonds. The highest BCUT2D eigenvalue weighted by atomic mass is 16.5. The van der Waals surface area contributed by atoms with Crippen molar-refractivity contribution in [2.24, 2.45) is 0 Å². The van der Waals surface area contributed by atoms with E-state index in [1.807, 2.05) is 18.7 Å². The molecule has 0 aromatic carbocycles. The Kier molecular flexibility index (Phi) is 3.73. The fraction of sp³-hybridized carbons (Fsp3) is 0.909. The van der Waals surface area contributed by atoms with Gasteiger partial charge in [-0.3, -0.25) is 4.79 Å². The van der Waals surface area contributed by atoms with Crippen molar-refractivity contribution in [2.45, 2.75) is 45.4 Å². The second kappa shape index (κ2) is 4.49. The Morgan fingerprint density at radius 1 is 1.47 bits per heavy atom. The van der Waals surface area contributed by atoms with Crippen molar-refractivity contribution in [3.8, 4) is 0 Å². The fourth-order valence-electron chi connectivity index (χ4n) is 1.74. The number of carbonyl (C=O) groups excluding carboxylic acids is 1. The fourth-order valence-corrected chi connectivity index (χ4v) is 1.74. The Morgan fingerprint density at radius 2 is 2.07 bits per heavy atom. The SMILES string of the molecule is COC(C)(C)C(=O)N1CC(C)NCC1C. The first-order valence-electron chi connectivity index (χ1n) is 5.48. The van der Waals surface area contributed by atoms with E-state index >= 15 is 0 Å². The molecule has 4 heteroatoms. The van der Waals surface area contributed by atoms with E-state index in [0.717, 1.165) is 13.1 Å². The minimum atomic E-state index is -0.717. The van der Waals surface area contributed by atoms with Gasteiger partial charge in [0.2, 0.25) is 0 Å². The lowest BCUT2D eigenvalue weighted by Crippen LogP contribution is -2.60. The first-order chi connectivity index (χ1) is 6.88. The molecule has 2 atom stereocenters. The topological polar surface area (TPSA) is 41.6 Å². The third-order valence-electron chi connectivity index (χ3n) is 3.05. The number of nitrogens with one attached hydrogen (secondary N) is 1. The number of piperazine rings is 1. The van der Waals surface area contributed by atoms with Crippen molar-refractivity contribution in [3.05, 3.63) is 0 Å². The summed E-state index contributed by atoms with van der Waals surface area (Å²) < 4.78 is 5.22. The van der Waals surface area contributed by atoms with E-state index in [4.69, 9.17) is 4.74 Å². The maximum atomic E-state index is 12.2. The summed E-state index contributed by atoms with van der Waals surface area (Å²) in [4.78, 5) is 14.1. The average Bonchev–Trinajstić information content (AvgIpc) is 2.20.